The molecule has 0 saturated carbocycles. The van der Waals surface area contributed by atoms with Gasteiger partial charge in [-0.25, -0.2) is 0 Å². The lowest BCUT2D eigenvalue weighted by molar-refractivity contribution is -0.123. The number of aliphatic hydroxyl groups is 1. The van der Waals surface area contributed by atoms with E-state index in [9.17, 15) is 9.90 Å². The molecular formula is C13H14N2O2. The lowest BCUT2D eigenvalue weighted by Crippen LogP contribution is -2.50. The van der Waals surface area contributed by atoms with E-state index in [0.717, 1.165) is 0 Å². The summed E-state index contributed by atoms with van der Waals surface area (Å²) in [4.78, 5) is 11.9. The Hall–Kier alpha value is -1.91. The highest BCUT2D eigenvalue weighted by Crippen LogP contribution is 2.21. The van der Waals surface area contributed by atoms with E-state index in [1.165, 1.54) is 6.08 Å². The number of rotatable bonds is 2. The molecule has 0 aliphatic heterocycles. The Labute approximate surface area is 99.4 Å². The Bertz CT molecular complexity index is 464. The van der Waals surface area contributed by atoms with Gasteiger partial charge in [0.05, 0.1) is 0 Å². The minimum atomic E-state index is -1.63. The Morgan fingerprint density at radius 3 is 2.65 bits per heavy atom. The van der Waals surface area contributed by atoms with Crippen LogP contribution in [0.1, 0.15) is 0 Å². The molecule has 0 radical (unpaired) electrons. The van der Waals surface area contributed by atoms with Crippen molar-refractivity contribution in [3.05, 3.63) is 54.6 Å². The first-order chi connectivity index (χ1) is 8.09. The van der Waals surface area contributed by atoms with Crippen LogP contribution in [0.3, 0.4) is 0 Å². The molecule has 0 heterocycles. The fourth-order valence-electron chi connectivity index (χ4n) is 1.68. The predicted octanol–water partition coefficient (Wildman–Crippen LogP) is 1.01. The van der Waals surface area contributed by atoms with E-state index in [1.807, 2.05) is 18.2 Å². The standard InChI is InChI=1S/C13H14N2O2/c14-13(17)9-5-4-8-11(13)12(16)15-10-6-2-1-3-7-10/h1-9,11,17H,14H2,(H,15,16). The van der Waals surface area contributed by atoms with Crippen LogP contribution < -0.4 is 11.1 Å². The monoisotopic (exact) mass is 230 g/mol. The molecule has 4 nitrogen and oxygen atoms in total. The lowest BCUT2D eigenvalue weighted by atomic mass is 9.91. The van der Waals surface area contributed by atoms with Crippen LogP contribution in [0.5, 0.6) is 0 Å². The summed E-state index contributed by atoms with van der Waals surface area (Å²) in [6.07, 6.45) is 6.30. The molecule has 1 aromatic carbocycles. The van der Waals surface area contributed by atoms with Crippen LogP contribution in [-0.2, 0) is 4.79 Å². The summed E-state index contributed by atoms with van der Waals surface area (Å²) in [5.74, 6) is -1.12. The van der Waals surface area contributed by atoms with Crippen LogP contribution in [-0.4, -0.2) is 16.7 Å². The molecule has 1 aliphatic rings. The van der Waals surface area contributed by atoms with Crippen molar-refractivity contribution in [3.63, 3.8) is 0 Å². The molecule has 0 fully saturated rings. The second-order valence-corrected chi connectivity index (χ2v) is 3.96. The second-order valence-electron chi connectivity index (χ2n) is 3.96. The molecule has 0 saturated heterocycles. The Morgan fingerprint density at radius 1 is 1.29 bits per heavy atom. The zero-order chi connectivity index (χ0) is 12.3. The van der Waals surface area contributed by atoms with E-state index in [4.69, 9.17) is 5.73 Å². The third-order valence-corrected chi connectivity index (χ3v) is 2.60. The number of hydrogen-bond donors (Lipinski definition) is 3. The van der Waals surface area contributed by atoms with Crippen LogP contribution in [0.25, 0.3) is 0 Å². The van der Waals surface area contributed by atoms with Gasteiger partial charge >= 0.3 is 0 Å². The summed E-state index contributed by atoms with van der Waals surface area (Å²) in [6, 6.07) is 9.05. The first-order valence-electron chi connectivity index (χ1n) is 5.33. The zero-order valence-electron chi connectivity index (χ0n) is 9.21. The molecule has 0 bridgehead atoms. The van der Waals surface area contributed by atoms with Crippen LogP contribution in [0, 0.1) is 5.92 Å². The minimum absolute atomic E-state index is 0.332. The highest BCUT2D eigenvalue weighted by atomic mass is 16.3. The van der Waals surface area contributed by atoms with Crippen molar-refractivity contribution in [2.45, 2.75) is 5.72 Å². The number of amides is 1. The van der Waals surface area contributed by atoms with E-state index in [-0.39, 0.29) is 5.91 Å². The average molecular weight is 230 g/mol. The molecule has 0 aromatic heterocycles. The fourth-order valence-corrected chi connectivity index (χ4v) is 1.68. The number of para-hydroxylation sites is 1. The number of carbonyl (C=O) groups excluding carboxylic acids is 1. The van der Waals surface area contributed by atoms with Crippen molar-refractivity contribution in [1.29, 1.82) is 0 Å². The van der Waals surface area contributed by atoms with Gasteiger partial charge in [-0.15, -0.1) is 0 Å². The van der Waals surface area contributed by atoms with Crippen molar-refractivity contribution in [1.82, 2.24) is 0 Å². The molecule has 2 rings (SSSR count). The number of allylic oxidation sites excluding steroid dienone is 2. The van der Waals surface area contributed by atoms with Crippen molar-refractivity contribution >= 4 is 11.6 Å². The molecule has 1 aromatic rings. The molecule has 4 heteroatoms. The number of nitrogens with one attached hydrogen (secondary N) is 1. The highest BCUT2D eigenvalue weighted by Gasteiger charge is 2.35. The second kappa shape index (κ2) is 4.53. The maximum Gasteiger partial charge on any atom is 0.236 e. The summed E-state index contributed by atoms with van der Waals surface area (Å²) in [5.41, 5.74) is 4.68. The summed E-state index contributed by atoms with van der Waals surface area (Å²) in [7, 11) is 0. The van der Waals surface area contributed by atoms with Gasteiger partial charge in [0.1, 0.15) is 11.6 Å². The van der Waals surface area contributed by atoms with Gasteiger partial charge in [-0.2, -0.15) is 0 Å². The quantitative estimate of drug-likeness (QED) is 0.664. The Kier molecular flexibility index (Phi) is 3.08. The van der Waals surface area contributed by atoms with Gasteiger partial charge < -0.3 is 10.4 Å². The maximum atomic E-state index is 11.9. The average Bonchev–Trinajstić information content (AvgIpc) is 2.29. The van der Waals surface area contributed by atoms with Crippen LogP contribution in [0.15, 0.2) is 54.6 Å². The van der Waals surface area contributed by atoms with Gasteiger partial charge in [0.25, 0.3) is 0 Å². The van der Waals surface area contributed by atoms with Crippen LogP contribution >= 0.6 is 0 Å². The van der Waals surface area contributed by atoms with Gasteiger partial charge in [0.15, 0.2) is 0 Å². The van der Waals surface area contributed by atoms with Gasteiger partial charge in [-0.3, -0.25) is 10.5 Å². The summed E-state index contributed by atoms with van der Waals surface area (Å²) < 4.78 is 0. The third-order valence-electron chi connectivity index (χ3n) is 2.60. The number of hydrogen-bond acceptors (Lipinski definition) is 3. The first kappa shape index (κ1) is 11.6. The van der Waals surface area contributed by atoms with Crippen molar-refractivity contribution in [2.24, 2.45) is 11.7 Å². The number of anilines is 1. The van der Waals surface area contributed by atoms with E-state index >= 15 is 0 Å². The number of nitrogens with two attached hydrogens (primary N) is 1. The molecular weight excluding hydrogens is 216 g/mol. The minimum Gasteiger partial charge on any atom is -0.371 e. The molecule has 88 valence electrons. The summed E-state index contributed by atoms with van der Waals surface area (Å²) in [6.45, 7) is 0. The first-order valence-corrected chi connectivity index (χ1v) is 5.33. The van der Waals surface area contributed by atoms with E-state index in [0.29, 0.717) is 5.69 Å². The van der Waals surface area contributed by atoms with E-state index in [2.05, 4.69) is 5.32 Å². The van der Waals surface area contributed by atoms with E-state index < -0.39 is 11.6 Å². The summed E-state index contributed by atoms with van der Waals surface area (Å²) >= 11 is 0. The smallest absolute Gasteiger partial charge is 0.236 e. The molecule has 0 spiro atoms. The van der Waals surface area contributed by atoms with Gasteiger partial charge in [-0.1, -0.05) is 36.4 Å². The van der Waals surface area contributed by atoms with E-state index in [1.54, 1.807) is 30.4 Å². The molecule has 4 N–H and O–H groups in total. The van der Waals surface area contributed by atoms with Crippen LogP contribution in [0.4, 0.5) is 5.69 Å². The van der Waals surface area contributed by atoms with Crippen molar-refractivity contribution < 1.29 is 9.90 Å². The highest BCUT2D eigenvalue weighted by molar-refractivity contribution is 5.94. The number of benzene rings is 1. The van der Waals surface area contributed by atoms with Gasteiger partial charge in [-0.05, 0) is 18.2 Å². The normalized spacial score (nSPS) is 26.8. The number of carbonyl (C=O) groups is 1. The fraction of sp³-hybridized carbons (Fsp3) is 0.154. The predicted molar refractivity (Wildman–Crippen MR) is 66.0 cm³/mol. The molecule has 17 heavy (non-hydrogen) atoms. The molecule has 1 aliphatic carbocycles. The molecule has 1 amide bonds. The topological polar surface area (TPSA) is 75.3 Å². The lowest BCUT2D eigenvalue weighted by Gasteiger charge is -2.28. The SMILES string of the molecule is NC1(O)C=CC=CC1C(=O)Nc1ccccc1. The van der Waals surface area contributed by atoms with Gasteiger partial charge in [0.2, 0.25) is 5.91 Å². The summed E-state index contributed by atoms with van der Waals surface area (Å²) in [5, 5.41) is 12.6. The largest absolute Gasteiger partial charge is 0.371 e. The third kappa shape index (κ3) is 2.61. The van der Waals surface area contributed by atoms with Crippen molar-refractivity contribution in [3.8, 4) is 0 Å². The van der Waals surface area contributed by atoms with Crippen LogP contribution in [0.2, 0.25) is 0 Å². The molecule has 2 unspecified atom stereocenters. The molecule has 2 atom stereocenters. The Morgan fingerprint density at radius 2 is 2.00 bits per heavy atom. The maximum absolute atomic E-state index is 11.9. The Balaban J connectivity index is 2.11. The zero-order valence-corrected chi connectivity index (χ0v) is 9.21. The van der Waals surface area contributed by atoms with Gasteiger partial charge in [0, 0.05) is 5.69 Å². The van der Waals surface area contributed by atoms with Crippen molar-refractivity contribution in [2.75, 3.05) is 5.32 Å².